The van der Waals surface area contributed by atoms with Crippen LogP contribution in [0.15, 0.2) is 83.8 Å². The van der Waals surface area contributed by atoms with Gasteiger partial charge < -0.3 is 15.2 Å². The number of nitrogens with zero attached hydrogens (tertiary/aromatic N) is 3. The number of hydrogen-bond donors (Lipinski definition) is 2. The van der Waals surface area contributed by atoms with Crippen LogP contribution in [0.2, 0.25) is 0 Å². The summed E-state index contributed by atoms with van der Waals surface area (Å²) < 4.78 is 1.22. The van der Waals surface area contributed by atoms with E-state index in [0.717, 1.165) is 27.7 Å². The number of nitrogens with one attached hydrogen (secondary N) is 2. The van der Waals surface area contributed by atoms with Gasteiger partial charge in [-0.15, -0.1) is 0 Å². The fourth-order valence-electron chi connectivity index (χ4n) is 4.54. The van der Waals surface area contributed by atoms with Crippen molar-refractivity contribution in [1.29, 1.82) is 0 Å². The van der Waals surface area contributed by atoms with E-state index in [-0.39, 0.29) is 23.1 Å². The van der Waals surface area contributed by atoms with Gasteiger partial charge in [0.25, 0.3) is 11.5 Å². The molecule has 5 rings (SSSR count). The van der Waals surface area contributed by atoms with Crippen LogP contribution >= 0.6 is 0 Å². The van der Waals surface area contributed by atoms with Crippen LogP contribution in [0.3, 0.4) is 0 Å². The summed E-state index contributed by atoms with van der Waals surface area (Å²) in [5.74, 6) is -0.392. The van der Waals surface area contributed by atoms with Gasteiger partial charge in [-0.1, -0.05) is 48.5 Å². The van der Waals surface area contributed by atoms with E-state index in [1.54, 1.807) is 31.3 Å². The van der Waals surface area contributed by atoms with Crippen LogP contribution in [-0.4, -0.2) is 41.3 Å². The van der Waals surface area contributed by atoms with Gasteiger partial charge >= 0.3 is 0 Å². The molecule has 35 heavy (non-hydrogen) atoms. The van der Waals surface area contributed by atoms with Gasteiger partial charge in [0.2, 0.25) is 0 Å². The van der Waals surface area contributed by atoms with E-state index < -0.39 is 0 Å². The predicted octanol–water partition coefficient (Wildman–Crippen LogP) is 4.04. The fourth-order valence-corrected chi connectivity index (χ4v) is 4.54. The third-order valence-electron chi connectivity index (χ3n) is 6.45. The Bertz CT molecular complexity index is 1580. The summed E-state index contributed by atoms with van der Waals surface area (Å²) in [5, 5.41) is 9.50. The Hall–Kier alpha value is -4.39. The molecule has 0 bridgehead atoms. The van der Waals surface area contributed by atoms with Crippen molar-refractivity contribution < 1.29 is 4.79 Å². The van der Waals surface area contributed by atoms with E-state index in [1.807, 2.05) is 38.5 Å². The molecule has 176 valence electrons. The third-order valence-corrected chi connectivity index (χ3v) is 6.45. The van der Waals surface area contributed by atoms with Gasteiger partial charge in [0.15, 0.2) is 5.69 Å². The molecule has 0 aliphatic carbocycles. The Balaban J connectivity index is 1.51. The molecule has 0 saturated heterocycles. The van der Waals surface area contributed by atoms with E-state index >= 15 is 0 Å². The molecule has 7 nitrogen and oxygen atoms in total. The number of aryl methyl sites for hydroxylation is 1. The maximum absolute atomic E-state index is 13.3. The summed E-state index contributed by atoms with van der Waals surface area (Å²) in [7, 11) is 5.58. The maximum atomic E-state index is 13.3. The first-order valence-electron chi connectivity index (χ1n) is 11.5. The molecule has 5 aromatic rings. The van der Waals surface area contributed by atoms with Crippen molar-refractivity contribution in [3.63, 3.8) is 0 Å². The van der Waals surface area contributed by atoms with Gasteiger partial charge in [0.1, 0.15) is 0 Å². The SMILES string of the molecule is CN(C)c1ccc([C@@H](CNC(=O)c2nn(C)c(=O)c3ccccc23)c2c[nH]c3ccccc23)cc1. The number of aromatic nitrogens is 3. The van der Waals surface area contributed by atoms with E-state index in [1.165, 1.54) is 4.68 Å². The topological polar surface area (TPSA) is 83.0 Å². The molecule has 1 amide bonds. The molecule has 2 aromatic heterocycles. The van der Waals surface area contributed by atoms with Crippen LogP contribution in [0.25, 0.3) is 21.7 Å². The molecule has 0 saturated carbocycles. The minimum atomic E-state index is -0.313. The second-order valence-electron chi connectivity index (χ2n) is 8.86. The van der Waals surface area contributed by atoms with E-state index in [9.17, 15) is 9.59 Å². The number of hydrogen-bond acceptors (Lipinski definition) is 4. The summed E-state index contributed by atoms with van der Waals surface area (Å²) in [6.45, 7) is 0.376. The van der Waals surface area contributed by atoms with Gasteiger partial charge in [-0.2, -0.15) is 5.10 Å². The number of rotatable bonds is 6. The molecule has 0 fully saturated rings. The second kappa shape index (κ2) is 9.10. The first kappa shape index (κ1) is 22.4. The van der Waals surface area contributed by atoms with Gasteiger partial charge in [-0.25, -0.2) is 4.68 Å². The third kappa shape index (κ3) is 4.17. The quantitative estimate of drug-likeness (QED) is 0.396. The van der Waals surface area contributed by atoms with Crippen LogP contribution in [-0.2, 0) is 7.05 Å². The highest BCUT2D eigenvalue weighted by atomic mass is 16.2. The highest BCUT2D eigenvalue weighted by Crippen LogP contribution is 2.31. The molecule has 7 heteroatoms. The molecule has 0 aliphatic heterocycles. The Morgan fingerprint density at radius 1 is 0.971 bits per heavy atom. The van der Waals surface area contributed by atoms with Crippen molar-refractivity contribution >= 4 is 33.3 Å². The van der Waals surface area contributed by atoms with Crippen molar-refractivity contribution in [2.24, 2.45) is 7.05 Å². The Labute approximate surface area is 203 Å². The van der Waals surface area contributed by atoms with Crippen molar-refractivity contribution in [3.05, 3.63) is 106 Å². The molecule has 0 radical (unpaired) electrons. The highest BCUT2D eigenvalue weighted by molar-refractivity contribution is 6.04. The van der Waals surface area contributed by atoms with Gasteiger partial charge in [0.05, 0.1) is 5.39 Å². The smallest absolute Gasteiger partial charge is 0.274 e. The van der Waals surface area contributed by atoms with Crippen molar-refractivity contribution in [2.75, 3.05) is 25.5 Å². The van der Waals surface area contributed by atoms with Crippen LogP contribution in [0, 0.1) is 0 Å². The maximum Gasteiger partial charge on any atom is 0.274 e. The molecule has 0 spiro atoms. The zero-order valence-corrected chi connectivity index (χ0v) is 19.9. The molecule has 3 aromatic carbocycles. The van der Waals surface area contributed by atoms with E-state index in [2.05, 4.69) is 50.6 Å². The van der Waals surface area contributed by atoms with Gasteiger partial charge in [-0.3, -0.25) is 9.59 Å². The number of benzene rings is 3. The number of carbonyl (C=O) groups is 1. The number of amides is 1. The van der Waals surface area contributed by atoms with Crippen molar-refractivity contribution in [2.45, 2.75) is 5.92 Å². The lowest BCUT2D eigenvalue weighted by atomic mass is 9.90. The summed E-state index contributed by atoms with van der Waals surface area (Å²) in [6.07, 6.45) is 2.02. The first-order chi connectivity index (χ1) is 16.9. The molecule has 1 atom stereocenters. The molecule has 2 heterocycles. The number of anilines is 1. The molecular weight excluding hydrogens is 438 g/mol. The van der Waals surface area contributed by atoms with Gasteiger partial charge in [-0.05, 0) is 35.4 Å². The highest BCUT2D eigenvalue weighted by Gasteiger charge is 2.21. The van der Waals surface area contributed by atoms with Crippen LogP contribution < -0.4 is 15.8 Å². The number of H-pyrrole nitrogens is 1. The van der Waals surface area contributed by atoms with E-state index in [4.69, 9.17) is 0 Å². The Morgan fingerprint density at radius 3 is 2.34 bits per heavy atom. The molecule has 0 unspecified atom stereocenters. The van der Waals surface area contributed by atoms with Crippen LogP contribution in [0.1, 0.15) is 27.5 Å². The number of aromatic amines is 1. The molecule has 2 N–H and O–H groups in total. The normalized spacial score (nSPS) is 12.1. The summed E-state index contributed by atoms with van der Waals surface area (Å²) in [4.78, 5) is 31.2. The fraction of sp³-hybridized carbons (Fsp3) is 0.179. The Kier molecular flexibility index (Phi) is 5.82. The molecular formula is C28H27N5O2. The van der Waals surface area contributed by atoms with Gasteiger partial charge in [0, 0.05) is 61.8 Å². The average molecular weight is 466 g/mol. The summed E-state index contributed by atoms with van der Waals surface area (Å²) in [5.41, 5.74) is 4.37. The number of carbonyl (C=O) groups excluding carboxylic acids is 1. The van der Waals surface area contributed by atoms with Crippen LogP contribution in [0.5, 0.6) is 0 Å². The summed E-state index contributed by atoms with van der Waals surface area (Å²) >= 11 is 0. The largest absolute Gasteiger partial charge is 0.378 e. The van der Waals surface area contributed by atoms with E-state index in [0.29, 0.717) is 17.3 Å². The number of para-hydroxylation sites is 1. The minimum Gasteiger partial charge on any atom is -0.378 e. The minimum absolute atomic E-state index is 0.0786. The lowest BCUT2D eigenvalue weighted by Crippen LogP contribution is -2.32. The molecule has 0 aliphatic rings. The first-order valence-corrected chi connectivity index (χ1v) is 11.5. The van der Waals surface area contributed by atoms with Crippen molar-refractivity contribution in [3.8, 4) is 0 Å². The Morgan fingerprint density at radius 2 is 1.63 bits per heavy atom. The summed E-state index contributed by atoms with van der Waals surface area (Å²) in [6, 6.07) is 23.6. The lowest BCUT2D eigenvalue weighted by Gasteiger charge is -2.20. The zero-order valence-electron chi connectivity index (χ0n) is 19.9. The number of fused-ring (bicyclic) bond motifs is 2. The predicted molar refractivity (Wildman–Crippen MR) is 140 cm³/mol. The monoisotopic (exact) mass is 465 g/mol. The standard InChI is InChI=1S/C28H27N5O2/c1-32(2)19-14-12-18(13-15-19)23(24-17-29-25-11-7-6-8-20(24)25)16-30-27(34)26-21-9-4-5-10-22(21)28(35)33(3)31-26/h4-15,17,23,29H,16H2,1-3H3,(H,30,34)/t23-/m1/s1. The lowest BCUT2D eigenvalue weighted by molar-refractivity contribution is 0.0947. The average Bonchev–Trinajstić information content (AvgIpc) is 3.30. The second-order valence-corrected chi connectivity index (χ2v) is 8.86. The zero-order chi connectivity index (χ0) is 24.5. The van der Waals surface area contributed by atoms with Crippen molar-refractivity contribution in [1.82, 2.24) is 20.1 Å². The van der Waals surface area contributed by atoms with Crippen LogP contribution in [0.4, 0.5) is 5.69 Å².